The van der Waals surface area contributed by atoms with Crippen LogP contribution in [0.5, 0.6) is 0 Å². The summed E-state index contributed by atoms with van der Waals surface area (Å²) in [6, 6.07) is 2.59. The van der Waals surface area contributed by atoms with Crippen LogP contribution in [0.3, 0.4) is 0 Å². The smallest absolute Gasteiger partial charge is 0.145 e. The minimum absolute atomic E-state index is 0.398. The molecule has 2 aliphatic rings. The van der Waals surface area contributed by atoms with Crippen LogP contribution in [-0.2, 0) is 0 Å². The van der Waals surface area contributed by atoms with Gasteiger partial charge in [-0.15, -0.1) is 0 Å². The fraction of sp³-hybridized carbons (Fsp3) is 0.714. The molecule has 1 saturated heterocycles. The Morgan fingerprint density at radius 2 is 1.94 bits per heavy atom. The van der Waals surface area contributed by atoms with Crippen molar-refractivity contribution in [3.63, 3.8) is 0 Å². The van der Waals surface area contributed by atoms with Crippen LogP contribution in [0.4, 0.5) is 0 Å². The van der Waals surface area contributed by atoms with E-state index in [1.807, 2.05) is 0 Å². The van der Waals surface area contributed by atoms with Crippen molar-refractivity contribution in [2.24, 2.45) is 0 Å². The van der Waals surface area contributed by atoms with E-state index in [4.69, 9.17) is 4.98 Å². The van der Waals surface area contributed by atoms with E-state index in [0.29, 0.717) is 12.0 Å². The molecule has 0 radical (unpaired) electrons. The zero-order valence-electron chi connectivity index (χ0n) is 10.6. The molecule has 2 fully saturated rings. The van der Waals surface area contributed by atoms with Crippen molar-refractivity contribution >= 4 is 0 Å². The summed E-state index contributed by atoms with van der Waals surface area (Å²) in [5, 5.41) is 3.49. The first-order chi connectivity index (χ1) is 8.33. The minimum Gasteiger partial charge on any atom is -0.307 e. The highest BCUT2D eigenvalue weighted by Gasteiger charge is 2.23. The van der Waals surface area contributed by atoms with Crippen molar-refractivity contribution in [1.29, 1.82) is 0 Å². The van der Waals surface area contributed by atoms with E-state index in [-0.39, 0.29) is 0 Å². The van der Waals surface area contributed by atoms with Crippen LogP contribution in [0.25, 0.3) is 0 Å². The summed E-state index contributed by atoms with van der Waals surface area (Å²) in [5.74, 6) is 1.72. The molecular weight excluding hydrogens is 210 g/mol. The van der Waals surface area contributed by atoms with Crippen LogP contribution in [-0.4, -0.2) is 16.5 Å². The molecule has 3 rings (SSSR count). The first-order valence-corrected chi connectivity index (χ1v) is 6.92. The lowest BCUT2D eigenvalue weighted by molar-refractivity contribution is 0.586. The Balaban J connectivity index is 1.88. The summed E-state index contributed by atoms with van der Waals surface area (Å²) in [4.78, 5) is 9.44. The van der Waals surface area contributed by atoms with Gasteiger partial charge in [-0.3, -0.25) is 0 Å². The van der Waals surface area contributed by atoms with E-state index in [9.17, 15) is 0 Å². The number of aryl methyl sites for hydroxylation is 1. The lowest BCUT2D eigenvalue weighted by Gasteiger charge is -2.14. The van der Waals surface area contributed by atoms with Crippen LogP contribution >= 0.6 is 0 Å². The molecule has 0 spiro atoms. The van der Waals surface area contributed by atoms with Gasteiger partial charge in [-0.1, -0.05) is 12.8 Å². The predicted octanol–water partition coefficient (Wildman–Crippen LogP) is 2.87. The van der Waals surface area contributed by atoms with Crippen molar-refractivity contribution in [2.75, 3.05) is 6.54 Å². The van der Waals surface area contributed by atoms with Gasteiger partial charge in [-0.05, 0) is 45.2 Å². The van der Waals surface area contributed by atoms with Gasteiger partial charge in [-0.2, -0.15) is 0 Å². The van der Waals surface area contributed by atoms with E-state index < -0.39 is 0 Å². The van der Waals surface area contributed by atoms with Crippen molar-refractivity contribution in [2.45, 2.75) is 57.4 Å². The molecule has 0 amide bonds. The van der Waals surface area contributed by atoms with Crippen LogP contribution in [0.1, 0.15) is 67.7 Å². The summed E-state index contributed by atoms with van der Waals surface area (Å²) in [5.41, 5.74) is 2.42. The van der Waals surface area contributed by atoms with E-state index in [1.54, 1.807) is 0 Å². The maximum Gasteiger partial charge on any atom is 0.145 e. The second-order valence-electron chi connectivity index (χ2n) is 5.42. The van der Waals surface area contributed by atoms with Crippen LogP contribution in [0.2, 0.25) is 0 Å². The van der Waals surface area contributed by atoms with Gasteiger partial charge in [0.1, 0.15) is 5.82 Å². The van der Waals surface area contributed by atoms with E-state index in [1.165, 1.54) is 44.2 Å². The highest BCUT2D eigenvalue weighted by atomic mass is 15.0. The summed E-state index contributed by atoms with van der Waals surface area (Å²) in [6.45, 7) is 3.21. The average Bonchev–Trinajstić information content (AvgIpc) is 3.02. The van der Waals surface area contributed by atoms with Gasteiger partial charge >= 0.3 is 0 Å². The number of aromatic nitrogens is 2. The first-order valence-electron chi connectivity index (χ1n) is 6.92. The van der Waals surface area contributed by atoms with Crippen molar-refractivity contribution in [3.8, 4) is 0 Å². The van der Waals surface area contributed by atoms with Gasteiger partial charge in [0, 0.05) is 17.3 Å². The normalized spacial score (nSPS) is 25.6. The number of hydrogen-bond donors (Lipinski definition) is 1. The molecule has 92 valence electrons. The van der Waals surface area contributed by atoms with Gasteiger partial charge in [-0.25, -0.2) is 9.97 Å². The number of nitrogens with one attached hydrogen (secondary N) is 1. The molecule has 2 heterocycles. The Kier molecular flexibility index (Phi) is 3.10. The third-order valence-electron chi connectivity index (χ3n) is 4.04. The summed E-state index contributed by atoms with van der Waals surface area (Å²) in [7, 11) is 0. The van der Waals surface area contributed by atoms with E-state index >= 15 is 0 Å². The highest BCUT2D eigenvalue weighted by Crippen LogP contribution is 2.33. The SMILES string of the molecule is Cc1cc(C2CCCC2)nc(C2CCCN2)n1. The number of hydrogen-bond acceptors (Lipinski definition) is 3. The molecule has 1 aromatic heterocycles. The Hall–Kier alpha value is -0.960. The molecule has 1 aliphatic carbocycles. The molecule has 17 heavy (non-hydrogen) atoms. The van der Waals surface area contributed by atoms with Crippen LogP contribution in [0.15, 0.2) is 6.07 Å². The summed E-state index contributed by atoms with van der Waals surface area (Å²) >= 11 is 0. The van der Waals surface area contributed by atoms with Gasteiger partial charge in [0.15, 0.2) is 0 Å². The maximum absolute atomic E-state index is 4.82. The molecule has 1 aliphatic heterocycles. The standard InChI is InChI=1S/C14H21N3/c1-10-9-13(11-5-2-3-6-11)17-14(16-10)12-7-4-8-15-12/h9,11-12,15H,2-8H2,1H3. The van der Waals surface area contributed by atoms with Crippen molar-refractivity contribution in [3.05, 3.63) is 23.3 Å². The Labute approximate surface area is 103 Å². The molecule has 1 atom stereocenters. The minimum atomic E-state index is 0.398. The molecular formula is C14H21N3. The monoisotopic (exact) mass is 231 g/mol. The van der Waals surface area contributed by atoms with E-state index in [2.05, 4.69) is 23.3 Å². The van der Waals surface area contributed by atoms with Crippen LogP contribution in [0, 0.1) is 6.92 Å². The van der Waals surface area contributed by atoms with Crippen molar-refractivity contribution < 1.29 is 0 Å². The molecule has 3 heteroatoms. The zero-order chi connectivity index (χ0) is 11.7. The molecule has 0 aromatic carbocycles. The third kappa shape index (κ3) is 2.34. The Morgan fingerprint density at radius 1 is 1.12 bits per heavy atom. The molecule has 3 nitrogen and oxygen atoms in total. The van der Waals surface area contributed by atoms with Gasteiger partial charge in [0.2, 0.25) is 0 Å². The number of nitrogens with zero attached hydrogens (tertiary/aromatic N) is 2. The third-order valence-corrected chi connectivity index (χ3v) is 4.04. The molecule has 1 aromatic rings. The zero-order valence-corrected chi connectivity index (χ0v) is 10.6. The van der Waals surface area contributed by atoms with Gasteiger partial charge in [0.25, 0.3) is 0 Å². The highest BCUT2D eigenvalue weighted by molar-refractivity contribution is 5.17. The molecule has 0 bridgehead atoms. The number of rotatable bonds is 2. The second-order valence-corrected chi connectivity index (χ2v) is 5.42. The molecule has 1 unspecified atom stereocenters. The predicted molar refractivity (Wildman–Crippen MR) is 68.0 cm³/mol. The Morgan fingerprint density at radius 3 is 2.65 bits per heavy atom. The van der Waals surface area contributed by atoms with Gasteiger partial charge < -0.3 is 5.32 Å². The largest absolute Gasteiger partial charge is 0.307 e. The second kappa shape index (κ2) is 4.73. The maximum atomic E-state index is 4.82. The van der Waals surface area contributed by atoms with Crippen molar-refractivity contribution in [1.82, 2.24) is 15.3 Å². The van der Waals surface area contributed by atoms with Gasteiger partial charge in [0.05, 0.1) is 6.04 Å². The fourth-order valence-electron chi connectivity index (χ4n) is 3.11. The van der Waals surface area contributed by atoms with E-state index in [0.717, 1.165) is 18.1 Å². The fourth-order valence-corrected chi connectivity index (χ4v) is 3.11. The quantitative estimate of drug-likeness (QED) is 0.850. The molecule has 1 saturated carbocycles. The topological polar surface area (TPSA) is 37.8 Å². The molecule has 1 N–H and O–H groups in total. The summed E-state index contributed by atoms with van der Waals surface area (Å²) in [6.07, 6.45) is 7.80. The average molecular weight is 231 g/mol. The first kappa shape index (κ1) is 11.1. The lowest BCUT2D eigenvalue weighted by atomic mass is 10.0. The Bertz CT molecular complexity index is 356. The van der Waals surface area contributed by atoms with Crippen LogP contribution < -0.4 is 5.32 Å². The lowest BCUT2D eigenvalue weighted by Crippen LogP contribution is -2.17. The summed E-state index contributed by atoms with van der Waals surface area (Å²) < 4.78 is 0.